The number of aromatic nitrogens is 2. The average molecular weight is 311 g/mol. The molecule has 92 valence electrons. The van der Waals surface area contributed by atoms with Gasteiger partial charge in [0, 0.05) is 10.0 Å². The Kier molecular flexibility index (Phi) is 3.15. The minimum absolute atomic E-state index is 0.0719. The van der Waals surface area contributed by atoms with Gasteiger partial charge >= 0.3 is 5.97 Å². The molecule has 0 atom stereocenters. The van der Waals surface area contributed by atoms with Crippen molar-refractivity contribution in [2.75, 3.05) is 0 Å². The topological polar surface area (TPSA) is 103 Å². The minimum atomic E-state index is -1.47. The molecular weight excluding hydrogens is 304 g/mol. The predicted octanol–water partition coefficient (Wildman–Crippen LogP) is 1.60. The summed E-state index contributed by atoms with van der Waals surface area (Å²) in [6.07, 6.45) is 0. The van der Waals surface area contributed by atoms with Gasteiger partial charge < -0.3 is 15.2 Å². The van der Waals surface area contributed by atoms with Gasteiger partial charge in [0.15, 0.2) is 5.69 Å². The lowest BCUT2D eigenvalue weighted by atomic mass is 10.2. The van der Waals surface area contributed by atoms with Gasteiger partial charge in [-0.25, -0.2) is 9.78 Å². The highest BCUT2D eigenvalue weighted by Crippen LogP contribution is 2.25. The molecule has 1 aromatic heterocycles. The summed E-state index contributed by atoms with van der Waals surface area (Å²) in [5.74, 6) is -2.30. The quantitative estimate of drug-likeness (QED) is 0.781. The lowest BCUT2D eigenvalue weighted by Crippen LogP contribution is -2.15. The van der Waals surface area contributed by atoms with Crippen LogP contribution in [0.1, 0.15) is 10.5 Å². The molecule has 0 aliphatic heterocycles. The molecule has 0 spiro atoms. The molecule has 0 unspecified atom stereocenters. The summed E-state index contributed by atoms with van der Waals surface area (Å²) in [7, 11) is 0. The van der Waals surface area contributed by atoms with E-state index < -0.39 is 23.0 Å². The van der Waals surface area contributed by atoms with E-state index in [0.717, 1.165) is 0 Å². The van der Waals surface area contributed by atoms with Crippen molar-refractivity contribution in [3.8, 4) is 17.1 Å². The van der Waals surface area contributed by atoms with E-state index in [0.29, 0.717) is 10.0 Å². The Morgan fingerprint density at radius 3 is 2.61 bits per heavy atom. The molecule has 0 amide bonds. The molecule has 0 fully saturated rings. The number of H-pyrrole nitrogens is 1. The Balaban J connectivity index is 2.71. The average Bonchev–Trinajstić information content (AvgIpc) is 2.33. The van der Waals surface area contributed by atoms with Crippen LogP contribution in [0.25, 0.3) is 11.4 Å². The minimum Gasteiger partial charge on any atom is -0.501 e. The van der Waals surface area contributed by atoms with E-state index in [1.807, 2.05) is 0 Å². The van der Waals surface area contributed by atoms with Crippen LogP contribution in [0.4, 0.5) is 0 Å². The fraction of sp³-hybridized carbons (Fsp3) is 0. The van der Waals surface area contributed by atoms with Crippen LogP contribution in [0.15, 0.2) is 33.5 Å². The highest BCUT2D eigenvalue weighted by Gasteiger charge is 2.18. The number of rotatable bonds is 2. The Bertz CT molecular complexity index is 681. The van der Waals surface area contributed by atoms with Gasteiger partial charge in [0.1, 0.15) is 5.82 Å². The van der Waals surface area contributed by atoms with Crippen LogP contribution in [0.2, 0.25) is 0 Å². The zero-order chi connectivity index (χ0) is 13.3. The summed E-state index contributed by atoms with van der Waals surface area (Å²) in [4.78, 5) is 28.3. The monoisotopic (exact) mass is 310 g/mol. The molecule has 1 aromatic carbocycles. The molecular formula is C11H7BrN2O4. The zero-order valence-corrected chi connectivity index (χ0v) is 10.4. The molecule has 0 saturated heterocycles. The smallest absolute Gasteiger partial charge is 0.358 e. The summed E-state index contributed by atoms with van der Waals surface area (Å²) >= 11 is 3.27. The van der Waals surface area contributed by atoms with Crippen molar-refractivity contribution >= 4 is 21.9 Å². The lowest BCUT2D eigenvalue weighted by molar-refractivity contribution is 0.0686. The van der Waals surface area contributed by atoms with E-state index in [-0.39, 0.29) is 5.82 Å². The van der Waals surface area contributed by atoms with E-state index in [2.05, 4.69) is 25.9 Å². The van der Waals surface area contributed by atoms with Crippen LogP contribution in [-0.4, -0.2) is 26.2 Å². The number of benzene rings is 1. The first kappa shape index (κ1) is 12.3. The molecule has 0 aliphatic rings. The second kappa shape index (κ2) is 4.61. The maximum absolute atomic E-state index is 11.4. The molecule has 0 bridgehead atoms. The number of carboxylic acids is 1. The third-order valence-corrected chi connectivity index (χ3v) is 2.92. The molecule has 2 aromatic rings. The van der Waals surface area contributed by atoms with Gasteiger partial charge in [-0.3, -0.25) is 4.79 Å². The van der Waals surface area contributed by atoms with Crippen molar-refractivity contribution in [3.63, 3.8) is 0 Å². The van der Waals surface area contributed by atoms with Crippen LogP contribution < -0.4 is 5.56 Å². The standard InChI is InChI=1S/C11H7BrN2O4/c12-6-4-2-1-3-5(6)9-13-7(11(17)18)8(15)10(16)14-9/h1-4,15H,(H,17,18)(H,13,14,16). The Labute approximate surface area is 109 Å². The molecule has 6 nitrogen and oxygen atoms in total. The van der Waals surface area contributed by atoms with Crippen LogP contribution in [0, 0.1) is 0 Å². The number of nitrogens with zero attached hydrogens (tertiary/aromatic N) is 1. The number of carboxylic acid groups (broad SMARTS) is 1. The van der Waals surface area contributed by atoms with Crippen LogP contribution in [0.5, 0.6) is 5.75 Å². The number of aromatic amines is 1. The van der Waals surface area contributed by atoms with Gasteiger partial charge in [0.05, 0.1) is 0 Å². The van der Waals surface area contributed by atoms with Crippen molar-refractivity contribution in [1.29, 1.82) is 0 Å². The summed E-state index contributed by atoms with van der Waals surface area (Å²) in [5, 5.41) is 18.2. The molecule has 2 rings (SSSR count). The second-order valence-corrected chi connectivity index (χ2v) is 4.25. The van der Waals surface area contributed by atoms with Gasteiger partial charge in [-0.05, 0) is 6.07 Å². The van der Waals surface area contributed by atoms with Crippen molar-refractivity contribution in [3.05, 3.63) is 44.8 Å². The number of carbonyl (C=O) groups is 1. The van der Waals surface area contributed by atoms with Gasteiger partial charge in [-0.2, -0.15) is 0 Å². The SMILES string of the molecule is O=C(O)c1nc(-c2ccccc2Br)[nH]c(=O)c1O. The maximum Gasteiger partial charge on any atom is 0.358 e. The second-order valence-electron chi connectivity index (χ2n) is 3.40. The Morgan fingerprint density at radius 1 is 1.33 bits per heavy atom. The van der Waals surface area contributed by atoms with E-state index in [9.17, 15) is 14.7 Å². The first-order chi connectivity index (χ1) is 8.50. The number of hydrogen-bond donors (Lipinski definition) is 3. The number of aromatic hydroxyl groups is 1. The van der Waals surface area contributed by atoms with Gasteiger partial charge in [-0.1, -0.05) is 34.1 Å². The fourth-order valence-electron chi connectivity index (χ4n) is 1.40. The zero-order valence-electron chi connectivity index (χ0n) is 8.85. The number of aromatic carboxylic acids is 1. The normalized spacial score (nSPS) is 10.3. The maximum atomic E-state index is 11.4. The number of hydrogen-bond acceptors (Lipinski definition) is 4. The first-order valence-corrected chi connectivity index (χ1v) is 5.61. The molecule has 7 heteroatoms. The van der Waals surface area contributed by atoms with Gasteiger partial charge in [0.2, 0.25) is 5.75 Å². The molecule has 3 N–H and O–H groups in total. The molecule has 0 saturated carbocycles. The Morgan fingerprint density at radius 2 is 2.00 bits per heavy atom. The van der Waals surface area contributed by atoms with E-state index in [1.165, 1.54) is 0 Å². The predicted molar refractivity (Wildman–Crippen MR) is 66.6 cm³/mol. The third kappa shape index (κ3) is 2.12. The van der Waals surface area contributed by atoms with Gasteiger partial charge in [0.25, 0.3) is 5.56 Å². The molecule has 0 radical (unpaired) electrons. The summed E-state index contributed by atoms with van der Waals surface area (Å²) in [6, 6.07) is 6.87. The van der Waals surface area contributed by atoms with Crippen molar-refractivity contribution in [1.82, 2.24) is 9.97 Å². The van der Waals surface area contributed by atoms with Crippen molar-refractivity contribution in [2.24, 2.45) is 0 Å². The first-order valence-electron chi connectivity index (χ1n) is 4.82. The summed E-state index contributed by atoms with van der Waals surface area (Å²) in [5.41, 5.74) is -1.05. The molecule has 1 heterocycles. The summed E-state index contributed by atoms with van der Waals surface area (Å²) in [6.45, 7) is 0. The highest BCUT2D eigenvalue weighted by atomic mass is 79.9. The number of nitrogens with one attached hydrogen (secondary N) is 1. The van der Waals surface area contributed by atoms with Gasteiger partial charge in [-0.15, -0.1) is 0 Å². The van der Waals surface area contributed by atoms with Crippen molar-refractivity contribution in [2.45, 2.75) is 0 Å². The van der Waals surface area contributed by atoms with E-state index in [4.69, 9.17) is 5.11 Å². The van der Waals surface area contributed by atoms with Crippen molar-refractivity contribution < 1.29 is 15.0 Å². The van der Waals surface area contributed by atoms with E-state index in [1.54, 1.807) is 24.3 Å². The highest BCUT2D eigenvalue weighted by molar-refractivity contribution is 9.10. The third-order valence-electron chi connectivity index (χ3n) is 2.23. The molecule has 18 heavy (non-hydrogen) atoms. The van der Waals surface area contributed by atoms with Crippen LogP contribution in [0.3, 0.4) is 0 Å². The molecule has 0 aliphatic carbocycles. The lowest BCUT2D eigenvalue weighted by Gasteiger charge is -2.05. The largest absolute Gasteiger partial charge is 0.501 e. The Hall–Kier alpha value is -2.15. The summed E-state index contributed by atoms with van der Waals surface area (Å²) < 4.78 is 0.648. The van der Waals surface area contributed by atoms with Crippen LogP contribution in [-0.2, 0) is 0 Å². The number of halogens is 1. The van der Waals surface area contributed by atoms with Crippen LogP contribution >= 0.6 is 15.9 Å². The fourth-order valence-corrected chi connectivity index (χ4v) is 1.87. The van der Waals surface area contributed by atoms with E-state index >= 15 is 0 Å².